The third-order valence-corrected chi connectivity index (χ3v) is 2.20. The van der Waals surface area contributed by atoms with Gasteiger partial charge in [0.05, 0.1) is 0 Å². The minimum Gasteiger partial charge on any atom is -0.0988 e. The van der Waals surface area contributed by atoms with Gasteiger partial charge in [0.1, 0.15) is 0 Å². The fourth-order valence-corrected chi connectivity index (χ4v) is 1.30. The number of hydrogen-bond acceptors (Lipinski definition) is 0. The zero-order chi connectivity index (χ0) is 9.23. The molecule has 0 bridgehead atoms. The van der Waals surface area contributed by atoms with E-state index < -0.39 is 0 Å². The lowest BCUT2D eigenvalue weighted by molar-refractivity contribution is 0.633. The quantitative estimate of drug-likeness (QED) is 0.386. The van der Waals surface area contributed by atoms with E-state index in [4.69, 9.17) is 0 Å². The summed E-state index contributed by atoms with van der Waals surface area (Å²) in [6.45, 7) is 8.12. The Balaban J connectivity index is 3.24. The summed E-state index contributed by atoms with van der Waals surface area (Å²) in [7, 11) is 0. The van der Waals surface area contributed by atoms with Crippen molar-refractivity contribution >= 4 is 0 Å². The molecule has 0 radical (unpaired) electrons. The van der Waals surface area contributed by atoms with Crippen molar-refractivity contribution in [2.24, 2.45) is 0 Å². The predicted molar refractivity (Wildman–Crippen MR) is 57.3 cm³/mol. The Labute approximate surface area is 77.4 Å². The SMILES string of the molecule is C=C/C(=C\C)CCCCCCC. The molecule has 0 aliphatic carbocycles. The van der Waals surface area contributed by atoms with Gasteiger partial charge in [-0.1, -0.05) is 56.9 Å². The van der Waals surface area contributed by atoms with Gasteiger partial charge in [-0.3, -0.25) is 0 Å². The molecule has 12 heavy (non-hydrogen) atoms. The summed E-state index contributed by atoms with van der Waals surface area (Å²) >= 11 is 0. The molecule has 0 aliphatic heterocycles. The minimum atomic E-state index is 1.21. The first-order valence-electron chi connectivity index (χ1n) is 5.12. The molecule has 0 nitrogen and oxygen atoms in total. The molecule has 0 fully saturated rings. The monoisotopic (exact) mass is 166 g/mol. The van der Waals surface area contributed by atoms with Crippen molar-refractivity contribution in [3.63, 3.8) is 0 Å². The van der Waals surface area contributed by atoms with Crippen LogP contribution < -0.4 is 0 Å². The van der Waals surface area contributed by atoms with Crippen LogP contribution in [0.5, 0.6) is 0 Å². The second-order valence-corrected chi connectivity index (χ2v) is 3.23. The van der Waals surface area contributed by atoms with Gasteiger partial charge in [-0.05, 0) is 19.8 Å². The molecule has 0 saturated heterocycles. The molecule has 70 valence electrons. The summed E-state index contributed by atoms with van der Waals surface area (Å²) in [6, 6.07) is 0. The first kappa shape index (κ1) is 11.5. The number of hydrogen-bond donors (Lipinski definition) is 0. The average Bonchev–Trinajstić information content (AvgIpc) is 2.11. The number of allylic oxidation sites excluding steroid dienone is 3. The van der Waals surface area contributed by atoms with E-state index in [1.807, 2.05) is 6.08 Å². The number of rotatable bonds is 7. The summed E-state index contributed by atoms with van der Waals surface area (Å²) in [4.78, 5) is 0. The molecular weight excluding hydrogens is 144 g/mol. The lowest BCUT2D eigenvalue weighted by Gasteiger charge is -2.00. The highest BCUT2D eigenvalue weighted by Crippen LogP contribution is 2.11. The molecule has 0 unspecified atom stereocenters. The van der Waals surface area contributed by atoms with Crippen LogP contribution in [0.25, 0.3) is 0 Å². The smallest absolute Gasteiger partial charge is 0.0282 e. The van der Waals surface area contributed by atoms with Crippen molar-refractivity contribution < 1.29 is 0 Å². The van der Waals surface area contributed by atoms with Crippen LogP contribution in [0.4, 0.5) is 0 Å². The molecule has 0 N–H and O–H groups in total. The minimum absolute atomic E-state index is 1.21. The Hall–Kier alpha value is -0.520. The van der Waals surface area contributed by atoms with Crippen molar-refractivity contribution in [3.8, 4) is 0 Å². The molecule has 0 spiro atoms. The van der Waals surface area contributed by atoms with Gasteiger partial charge in [0.25, 0.3) is 0 Å². The van der Waals surface area contributed by atoms with Gasteiger partial charge in [0, 0.05) is 0 Å². The van der Waals surface area contributed by atoms with E-state index in [1.54, 1.807) is 0 Å². The molecule has 0 aromatic carbocycles. The molecule has 0 amide bonds. The van der Waals surface area contributed by atoms with Crippen molar-refractivity contribution in [2.75, 3.05) is 0 Å². The Morgan fingerprint density at radius 3 is 2.33 bits per heavy atom. The fourth-order valence-electron chi connectivity index (χ4n) is 1.30. The van der Waals surface area contributed by atoms with Gasteiger partial charge in [-0.15, -0.1) is 0 Å². The molecule has 0 aromatic heterocycles. The molecule has 0 atom stereocenters. The van der Waals surface area contributed by atoms with E-state index in [0.29, 0.717) is 0 Å². The topological polar surface area (TPSA) is 0 Å². The second-order valence-electron chi connectivity index (χ2n) is 3.23. The summed E-state index contributed by atoms with van der Waals surface area (Å²) in [5.74, 6) is 0. The summed E-state index contributed by atoms with van der Waals surface area (Å²) < 4.78 is 0. The molecule has 0 aliphatic rings. The standard InChI is InChI=1S/C12H22/c1-4-7-8-9-10-11-12(5-2)6-3/h5-6H,2,4,7-11H2,1,3H3/b12-6+. The van der Waals surface area contributed by atoms with Gasteiger partial charge in [0.15, 0.2) is 0 Å². The van der Waals surface area contributed by atoms with Crippen LogP contribution in [0.3, 0.4) is 0 Å². The maximum atomic E-state index is 3.78. The van der Waals surface area contributed by atoms with E-state index in [2.05, 4.69) is 26.5 Å². The highest BCUT2D eigenvalue weighted by Gasteiger charge is 1.91. The largest absolute Gasteiger partial charge is 0.0988 e. The Kier molecular flexibility index (Phi) is 8.20. The van der Waals surface area contributed by atoms with E-state index in [0.717, 1.165) is 0 Å². The van der Waals surface area contributed by atoms with Crippen molar-refractivity contribution in [1.29, 1.82) is 0 Å². The van der Waals surface area contributed by atoms with Crippen LogP contribution in [-0.2, 0) is 0 Å². The highest BCUT2D eigenvalue weighted by atomic mass is 14.0. The zero-order valence-electron chi connectivity index (χ0n) is 8.60. The highest BCUT2D eigenvalue weighted by molar-refractivity contribution is 5.14. The normalized spacial score (nSPS) is 11.7. The molecule has 0 rings (SSSR count). The van der Waals surface area contributed by atoms with E-state index >= 15 is 0 Å². The summed E-state index contributed by atoms with van der Waals surface area (Å²) in [5, 5.41) is 0. The fraction of sp³-hybridized carbons (Fsp3) is 0.667. The van der Waals surface area contributed by atoms with Gasteiger partial charge in [0.2, 0.25) is 0 Å². The third kappa shape index (κ3) is 6.21. The summed E-state index contributed by atoms with van der Waals surface area (Å²) in [6.07, 6.45) is 12.2. The van der Waals surface area contributed by atoms with Crippen LogP contribution in [-0.4, -0.2) is 0 Å². The number of unbranched alkanes of at least 4 members (excludes halogenated alkanes) is 4. The molecular formula is C12H22. The van der Waals surface area contributed by atoms with E-state index in [1.165, 1.54) is 44.1 Å². The van der Waals surface area contributed by atoms with Crippen molar-refractivity contribution in [1.82, 2.24) is 0 Å². The van der Waals surface area contributed by atoms with Crippen LogP contribution in [0, 0.1) is 0 Å². The van der Waals surface area contributed by atoms with Gasteiger partial charge in [-0.2, -0.15) is 0 Å². The van der Waals surface area contributed by atoms with Crippen LogP contribution in [0.2, 0.25) is 0 Å². The Morgan fingerprint density at radius 1 is 1.17 bits per heavy atom. The average molecular weight is 166 g/mol. The molecule has 0 aromatic rings. The van der Waals surface area contributed by atoms with Gasteiger partial charge in [-0.25, -0.2) is 0 Å². The zero-order valence-corrected chi connectivity index (χ0v) is 8.60. The van der Waals surface area contributed by atoms with E-state index in [9.17, 15) is 0 Å². The van der Waals surface area contributed by atoms with Gasteiger partial charge >= 0.3 is 0 Å². The molecule has 0 saturated carbocycles. The summed E-state index contributed by atoms with van der Waals surface area (Å²) in [5.41, 5.74) is 1.39. The van der Waals surface area contributed by atoms with Gasteiger partial charge < -0.3 is 0 Å². The van der Waals surface area contributed by atoms with Crippen LogP contribution in [0.15, 0.2) is 24.3 Å². The first-order chi connectivity index (χ1) is 5.85. The van der Waals surface area contributed by atoms with Crippen molar-refractivity contribution in [3.05, 3.63) is 24.3 Å². The van der Waals surface area contributed by atoms with E-state index in [-0.39, 0.29) is 0 Å². The predicted octanol–water partition coefficient (Wildman–Crippen LogP) is 4.48. The first-order valence-corrected chi connectivity index (χ1v) is 5.12. The molecule has 0 heteroatoms. The Morgan fingerprint density at radius 2 is 1.83 bits per heavy atom. The third-order valence-electron chi connectivity index (χ3n) is 2.20. The van der Waals surface area contributed by atoms with Crippen LogP contribution in [0.1, 0.15) is 52.4 Å². The molecule has 0 heterocycles. The maximum absolute atomic E-state index is 3.78. The lowest BCUT2D eigenvalue weighted by Crippen LogP contribution is -1.80. The van der Waals surface area contributed by atoms with Crippen LogP contribution >= 0.6 is 0 Å². The maximum Gasteiger partial charge on any atom is -0.0282 e. The Bertz CT molecular complexity index is 131. The lowest BCUT2D eigenvalue weighted by atomic mass is 10.1. The second kappa shape index (κ2) is 8.58. The van der Waals surface area contributed by atoms with Crippen molar-refractivity contribution in [2.45, 2.75) is 52.4 Å².